The molecule has 5 nitrogen and oxygen atoms in total. The average molecular weight is 359 g/mol. The third kappa shape index (κ3) is 2.90. The molecule has 0 aliphatic carbocycles. The van der Waals surface area contributed by atoms with Crippen LogP contribution in [0.1, 0.15) is 22.9 Å². The zero-order valence-electron chi connectivity index (χ0n) is 13.0. The SMILES string of the molecule is Cc1cnc(C(C)Nc2nn3cc(-c4ccc(F)cc4)nc3s2)s1. The van der Waals surface area contributed by atoms with Crippen LogP contribution in [-0.2, 0) is 0 Å². The van der Waals surface area contributed by atoms with E-state index in [1.165, 1.54) is 28.3 Å². The molecular weight excluding hydrogens is 345 g/mol. The summed E-state index contributed by atoms with van der Waals surface area (Å²) in [4.78, 5) is 10.9. The fraction of sp³-hybridized carbons (Fsp3) is 0.188. The molecular formula is C16H14FN5S2. The largest absolute Gasteiger partial charge is 0.351 e. The van der Waals surface area contributed by atoms with Crippen LogP contribution in [-0.4, -0.2) is 19.6 Å². The summed E-state index contributed by atoms with van der Waals surface area (Å²) in [6.45, 7) is 4.11. The first kappa shape index (κ1) is 15.2. The van der Waals surface area contributed by atoms with Gasteiger partial charge in [0.25, 0.3) is 0 Å². The summed E-state index contributed by atoms with van der Waals surface area (Å²) in [7, 11) is 0. The number of nitrogens with one attached hydrogen (secondary N) is 1. The molecule has 0 fully saturated rings. The van der Waals surface area contributed by atoms with Crippen LogP contribution < -0.4 is 5.32 Å². The number of fused-ring (bicyclic) bond motifs is 1. The van der Waals surface area contributed by atoms with Gasteiger partial charge in [-0.3, -0.25) is 0 Å². The highest BCUT2D eigenvalue weighted by Crippen LogP contribution is 2.28. The van der Waals surface area contributed by atoms with Crippen LogP contribution in [0.4, 0.5) is 9.52 Å². The van der Waals surface area contributed by atoms with Crippen molar-refractivity contribution in [2.24, 2.45) is 0 Å². The van der Waals surface area contributed by atoms with Crippen LogP contribution in [0.3, 0.4) is 0 Å². The molecule has 0 aliphatic heterocycles. The molecule has 0 amide bonds. The highest BCUT2D eigenvalue weighted by Gasteiger charge is 2.14. The van der Waals surface area contributed by atoms with Gasteiger partial charge in [-0.2, -0.15) is 0 Å². The topological polar surface area (TPSA) is 55.1 Å². The Morgan fingerprint density at radius 1 is 1.21 bits per heavy atom. The van der Waals surface area contributed by atoms with Gasteiger partial charge in [0.1, 0.15) is 10.8 Å². The Morgan fingerprint density at radius 2 is 2.00 bits per heavy atom. The maximum absolute atomic E-state index is 13.0. The number of benzene rings is 1. The molecule has 122 valence electrons. The summed E-state index contributed by atoms with van der Waals surface area (Å²) in [5.74, 6) is -0.254. The molecule has 0 saturated carbocycles. The summed E-state index contributed by atoms with van der Waals surface area (Å²) in [6, 6.07) is 6.39. The summed E-state index contributed by atoms with van der Waals surface area (Å²) >= 11 is 3.15. The van der Waals surface area contributed by atoms with E-state index < -0.39 is 0 Å². The second kappa shape index (κ2) is 5.95. The van der Waals surface area contributed by atoms with Gasteiger partial charge in [0, 0.05) is 16.6 Å². The van der Waals surface area contributed by atoms with Crippen molar-refractivity contribution < 1.29 is 4.39 Å². The Kier molecular flexibility index (Phi) is 3.78. The first-order valence-corrected chi connectivity index (χ1v) is 9.03. The first-order valence-electron chi connectivity index (χ1n) is 7.39. The minimum atomic E-state index is -0.254. The quantitative estimate of drug-likeness (QED) is 0.581. The summed E-state index contributed by atoms with van der Waals surface area (Å²) < 4.78 is 14.8. The third-order valence-corrected chi connectivity index (χ3v) is 5.48. The Morgan fingerprint density at radius 3 is 2.67 bits per heavy atom. The molecule has 0 bridgehead atoms. The monoisotopic (exact) mass is 359 g/mol. The molecule has 3 aromatic heterocycles. The molecule has 1 N–H and O–H groups in total. The number of imidazole rings is 1. The van der Waals surface area contributed by atoms with E-state index in [0.29, 0.717) is 0 Å². The van der Waals surface area contributed by atoms with Crippen molar-refractivity contribution in [1.29, 1.82) is 0 Å². The van der Waals surface area contributed by atoms with Crippen molar-refractivity contribution >= 4 is 32.8 Å². The van der Waals surface area contributed by atoms with E-state index in [2.05, 4.69) is 27.3 Å². The van der Waals surface area contributed by atoms with Crippen molar-refractivity contribution in [2.75, 3.05) is 5.32 Å². The molecule has 0 spiro atoms. The second-order valence-corrected chi connectivity index (χ2v) is 7.66. The van der Waals surface area contributed by atoms with Crippen LogP contribution in [0.2, 0.25) is 0 Å². The summed E-state index contributed by atoms with van der Waals surface area (Å²) in [5.41, 5.74) is 1.65. The van der Waals surface area contributed by atoms with Gasteiger partial charge in [-0.15, -0.1) is 16.4 Å². The van der Waals surface area contributed by atoms with E-state index in [-0.39, 0.29) is 11.9 Å². The standard InChI is InChI=1S/C16H14FN5S2/c1-9-7-18-14(23-9)10(2)19-15-21-22-8-13(20-16(22)24-15)11-3-5-12(17)6-4-11/h3-8,10H,1-2H3,(H,19,21). The Balaban J connectivity index is 1.56. The predicted molar refractivity (Wildman–Crippen MR) is 95.1 cm³/mol. The van der Waals surface area contributed by atoms with E-state index in [9.17, 15) is 4.39 Å². The predicted octanol–water partition coefficient (Wildman–Crippen LogP) is 4.53. The van der Waals surface area contributed by atoms with Gasteiger partial charge in [0.2, 0.25) is 10.1 Å². The second-order valence-electron chi connectivity index (χ2n) is 5.44. The number of rotatable bonds is 4. The normalized spacial score (nSPS) is 12.6. The molecule has 1 atom stereocenters. The van der Waals surface area contributed by atoms with Crippen LogP contribution in [0.25, 0.3) is 16.2 Å². The maximum atomic E-state index is 13.0. The van der Waals surface area contributed by atoms with Crippen LogP contribution in [0, 0.1) is 12.7 Å². The van der Waals surface area contributed by atoms with E-state index in [0.717, 1.165) is 26.4 Å². The van der Waals surface area contributed by atoms with Crippen molar-refractivity contribution in [3.8, 4) is 11.3 Å². The number of aromatic nitrogens is 4. The van der Waals surface area contributed by atoms with E-state index in [4.69, 9.17) is 0 Å². The molecule has 0 radical (unpaired) electrons. The summed E-state index contributed by atoms with van der Waals surface area (Å²) in [6.07, 6.45) is 3.73. The van der Waals surface area contributed by atoms with Gasteiger partial charge in [0.05, 0.1) is 17.9 Å². The third-order valence-electron chi connectivity index (χ3n) is 3.53. The van der Waals surface area contributed by atoms with Crippen molar-refractivity contribution in [1.82, 2.24) is 19.6 Å². The van der Waals surface area contributed by atoms with E-state index in [1.807, 2.05) is 19.3 Å². The number of anilines is 1. The van der Waals surface area contributed by atoms with Gasteiger partial charge in [-0.1, -0.05) is 11.3 Å². The number of nitrogens with zero attached hydrogens (tertiary/aromatic N) is 4. The number of aryl methyl sites for hydroxylation is 1. The molecule has 0 aliphatic rings. The lowest BCUT2D eigenvalue weighted by atomic mass is 10.2. The molecule has 1 unspecified atom stereocenters. The zero-order chi connectivity index (χ0) is 16.7. The summed E-state index contributed by atoms with van der Waals surface area (Å²) in [5, 5.41) is 9.70. The Labute approximate surface area is 145 Å². The van der Waals surface area contributed by atoms with Gasteiger partial charge in [0.15, 0.2) is 0 Å². The molecule has 8 heteroatoms. The lowest BCUT2D eigenvalue weighted by Gasteiger charge is -2.08. The molecule has 0 saturated heterocycles. The minimum absolute atomic E-state index is 0.0936. The van der Waals surface area contributed by atoms with Gasteiger partial charge < -0.3 is 5.32 Å². The Hall–Kier alpha value is -2.32. The lowest BCUT2D eigenvalue weighted by Crippen LogP contribution is -2.06. The van der Waals surface area contributed by atoms with Gasteiger partial charge >= 0.3 is 0 Å². The molecule has 24 heavy (non-hydrogen) atoms. The minimum Gasteiger partial charge on any atom is -0.351 e. The smallest absolute Gasteiger partial charge is 0.214 e. The van der Waals surface area contributed by atoms with Crippen LogP contribution in [0.5, 0.6) is 0 Å². The molecule has 3 heterocycles. The fourth-order valence-electron chi connectivity index (χ4n) is 2.34. The van der Waals surface area contributed by atoms with Gasteiger partial charge in [-0.05, 0) is 38.1 Å². The van der Waals surface area contributed by atoms with Crippen molar-refractivity contribution in [3.63, 3.8) is 0 Å². The maximum Gasteiger partial charge on any atom is 0.214 e. The van der Waals surface area contributed by atoms with Crippen molar-refractivity contribution in [2.45, 2.75) is 19.9 Å². The molecule has 4 rings (SSSR count). The highest BCUT2D eigenvalue weighted by molar-refractivity contribution is 7.20. The molecule has 4 aromatic rings. The first-order chi connectivity index (χ1) is 11.6. The van der Waals surface area contributed by atoms with Crippen LogP contribution in [0.15, 0.2) is 36.7 Å². The average Bonchev–Trinajstić information content (AvgIpc) is 3.22. The van der Waals surface area contributed by atoms with Crippen LogP contribution >= 0.6 is 22.7 Å². The number of hydrogen-bond donors (Lipinski definition) is 1. The van der Waals surface area contributed by atoms with Gasteiger partial charge in [-0.25, -0.2) is 18.9 Å². The highest BCUT2D eigenvalue weighted by atomic mass is 32.1. The lowest BCUT2D eigenvalue weighted by molar-refractivity contribution is 0.628. The number of thiazole rings is 1. The van der Waals surface area contributed by atoms with E-state index >= 15 is 0 Å². The number of hydrogen-bond acceptors (Lipinski definition) is 6. The zero-order valence-corrected chi connectivity index (χ0v) is 14.7. The Bertz CT molecular complexity index is 954. The molecule has 1 aromatic carbocycles. The van der Waals surface area contributed by atoms with E-state index in [1.54, 1.807) is 28.0 Å². The van der Waals surface area contributed by atoms with Crippen molar-refractivity contribution in [3.05, 3.63) is 52.4 Å². The number of halogens is 1. The fourth-order valence-corrected chi connectivity index (χ4v) is 3.98.